The van der Waals surface area contributed by atoms with Crippen LogP contribution in [0.1, 0.15) is 22.2 Å². The first kappa shape index (κ1) is 14.1. The molecule has 0 aliphatic heterocycles. The van der Waals surface area contributed by atoms with E-state index in [1.54, 1.807) is 23.5 Å². The summed E-state index contributed by atoms with van der Waals surface area (Å²) in [6.45, 7) is 1.99. The zero-order chi connectivity index (χ0) is 13.8. The number of carbonyl (C=O) groups is 1. The van der Waals surface area contributed by atoms with Crippen molar-refractivity contribution in [1.29, 1.82) is 0 Å². The van der Waals surface area contributed by atoms with E-state index in [1.165, 1.54) is 4.88 Å². The third kappa shape index (κ3) is 3.81. The largest absolute Gasteiger partial charge is 0.398 e. The topological polar surface area (TPSA) is 55.1 Å². The van der Waals surface area contributed by atoms with Crippen molar-refractivity contribution in [2.75, 3.05) is 5.73 Å². The van der Waals surface area contributed by atoms with E-state index in [-0.39, 0.29) is 11.9 Å². The highest BCUT2D eigenvalue weighted by Gasteiger charge is 2.13. The first-order valence-corrected chi connectivity index (χ1v) is 7.62. The van der Waals surface area contributed by atoms with E-state index in [0.717, 1.165) is 10.9 Å². The molecular formula is C14H15BrN2OS. The van der Waals surface area contributed by atoms with Crippen molar-refractivity contribution in [2.24, 2.45) is 0 Å². The minimum absolute atomic E-state index is 0.0736. The number of hydrogen-bond acceptors (Lipinski definition) is 3. The van der Waals surface area contributed by atoms with Gasteiger partial charge in [-0.3, -0.25) is 4.79 Å². The Kier molecular flexibility index (Phi) is 4.61. The predicted octanol–water partition coefficient (Wildman–Crippen LogP) is 3.45. The highest BCUT2D eigenvalue weighted by Crippen LogP contribution is 2.19. The molecule has 0 radical (unpaired) electrons. The van der Waals surface area contributed by atoms with E-state index in [4.69, 9.17) is 5.73 Å². The lowest BCUT2D eigenvalue weighted by Crippen LogP contribution is -2.34. The van der Waals surface area contributed by atoms with Crippen LogP contribution in [0.5, 0.6) is 0 Å². The number of anilines is 1. The molecular weight excluding hydrogens is 324 g/mol. The summed E-state index contributed by atoms with van der Waals surface area (Å²) in [6, 6.07) is 9.44. The van der Waals surface area contributed by atoms with Crippen LogP contribution in [0, 0.1) is 0 Å². The van der Waals surface area contributed by atoms with Gasteiger partial charge in [0.15, 0.2) is 0 Å². The Bertz CT molecular complexity index is 569. The number of amides is 1. The quantitative estimate of drug-likeness (QED) is 0.839. The van der Waals surface area contributed by atoms with Crippen molar-refractivity contribution in [3.05, 3.63) is 50.6 Å². The molecule has 0 saturated carbocycles. The van der Waals surface area contributed by atoms with Crippen LogP contribution in [0.4, 0.5) is 5.69 Å². The number of carbonyl (C=O) groups excluding carboxylic acids is 1. The summed E-state index contributed by atoms with van der Waals surface area (Å²) in [5, 5.41) is 5.01. The number of nitrogens with two attached hydrogens (primary N) is 1. The fourth-order valence-corrected chi connectivity index (χ4v) is 3.00. The molecule has 1 amide bonds. The third-order valence-corrected chi connectivity index (χ3v) is 4.12. The Hall–Kier alpha value is -1.33. The zero-order valence-corrected chi connectivity index (χ0v) is 12.9. The maximum atomic E-state index is 12.1. The van der Waals surface area contributed by atoms with Crippen LogP contribution in [0.25, 0.3) is 0 Å². The number of thiophene rings is 1. The Labute approximate surface area is 125 Å². The smallest absolute Gasteiger partial charge is 0.253 e. The molecule has 1 atom stereocenters. The molecule has 3 N–H and O–H groups in total. The van der Waals surface area contributed by atoms with Crippen LogP contribution < -0.4 is 11.1 Å². The number of hydrogen-bond donors (Lipinski definition) is 2. The fraction of sp³-hybridized carbons (Fsp3) is 0.214. The average molecular weight is 339 g/mol. The van der Waals surface area contributed by atoms with Gasteiger partial charge in [0.2, 0.25) is 0 Å². The molecule has 1 unspecified atom stereocenters. The molecule has 0 fully saturated rings. The van der Waals surface area contributed by atoms with Gasteiger partial charge < -0.3 is 11.1 Å². The van der Waals surface area contributed by atoms with Gasteiger partial charge in [0.25, 0.3) is 5.91 Å². The number of nitrogens with one attached hydrogen (secondary N) is 1. The molecule has 5 heteroatoms. The minimum Gasteiger partial charge on any atom is -0.398 e. The van der Waals surface area contributed by atoms with Gasteiger partial charge in [0.1, 0.15) is 0 Å². The summed E-state index contributed by atoms with van der Waals surface area (Å²) in [7, 11) is 0. The number of nitrogen functional groups attached to an aromatic ring is 1. The second-order valence-corrected chi connectivity index (χ2v) is 6.34. The van der Waals surface area contributed by atoms with Gasteiger partial charge >= 0.3 is 0 Å². The second-order valence-electron chi connectivity index (χ2n) is 4.39. The van der Waals surface area contributed by atoms with Crippen LogP contribution >= 0.6 is 27.3 Å². The lowest BCUT2D eigenvalue weighted by Gasteiger charge is -2.14. The lowest BCUT2D eigenvalue weighted by molar-refractivity contribution is 0.0941. The molecule has 3 nitrogen and oxygen atoms in total. The summed E-state index contributed by atoms with van der Waals surface area (Å²) >= 11 is 5.04. The van der Waals surface area contributed by atoms with Gasteiger partial charge in [-0.25, -0.2) is 0 Å². The van der Waals surface area contributed by atoms with E-state index in [1.807, 2.05) is 24.4 Å². The van der Waals surface area contributed by atoms with Crippen molar-refractivity contribution in [2.45, 2.75) is 19.4 Å². The molecule has 1 aromatic heterocycles. The average Bonchev–Trinajstić information content (AvgIpc) is 2.84. The monoisotopic (exact) mass is 338 g/mol. The summed E-state index contributed by atoms with van der Waals surface area (Å²) in [5.74, 6) is -0.136. The molecule has 0 spiro atoms. The summed E-state index contributed by atoms with van der Waals surface area (Å²) in [5.41, 5.74) is 6.82. The Morgan fingerprint density at radius 1 is 1.47 bits per heavy atom. The molecule has 1 aromatic carbocycles. The van der Waals surface area contributed by atoms with E-state index in [9.17, 15) is 4.79 Å². The SMILES string of the molecule is CC(Cc1cccs1)NC(=O)c1cc(Br)ccc1N. The lowest BCUT2D eigenvalue weighted by atomic mass is 10.1. The maximum absolute atomic E-state index is 12.1. The highest BCUT2D eigenvalue weighted by molar-refractivity contribution is 9.10. The molecule has 0 aliphatic carbocycles. The van der Waals surface area contributed by atoms with Gasteiger partial charge in [-0.1, -0.05) is 22.0 Å². The van der Waals surface area contributed by atoms with Crippen LogP contribution in [-0.2, 0) is 6.42 Å². The second kappa shape index (κ2) is 6.21. The zero-order valence-electron chi connectivity index (χ0n) is 10.5. The molecule has 0 aliphatic rings. The molecule has 2 aromatic rings. The van der Waals surface area contributed by atoms with Gasteiger partial charge in [0, 0.05) is 27.5 Å². The van der Waals surface area contributed by atoms with Crippen molar-refractivity contribution in [1.82, 2.24) is 5.32 Å². The number of halogens is 1. The van der Waals surface area contributed by atoms with Gasteiger partial charge in [-0.05, 0) is 36.6 Å². The Morgan fingerprint density at radius 2 is 2.26 bits per heavy atom. The predicted molar refractivity (Wildman–Crippen MR) is 83.5 cm³/mol. The minimum atomic E-state index is -0.136. The van der Waals surface area contributed by atoms with Crippen LogP contribution in [0.3, 0.4) is 0 Å². The normalized spacial score (nSPS) is 12.1. The first-order chi connectivity index (χ1) is 9.06. The molecule has 0 saturated heterocycles. The van der Waals surface area contributed by atoms with E-state index in [2.05, 4.69) is 27.3 Å². The Morgan fingerprint density at radius 3 is 2.95 bits per heavy atom. The van der Waals surface area contributed by atoms with Crippen molar-refractivity contribution in [3.8, 4) is 0 Å². The van der Waals surface area contributed by atoms with Crippen molar-refractivity contribution < 1.29 is 4.79 Å². The van der Waals surface area contributed by atoms with E-state index in [0.29, 0.717) is 11.3 Å². The number of benzene rings is 1. The van der Waals surface area contributed by atoms with E-state index < -0.39 is 0 Å². The van der Waals surface area contributed by atoms with Crippen molar-refractivity contribution >= 4 is 38.9 Å². The summed E-state index contributed by atoms with van der Waals surface area (Å²) in [6.07, 6.45) is 0.831. The van der Waals surface area contributed by atoms with Gasteiger partial charge in [-0.15, -0.1) is 11.3 Å². The van der Waals surface area contributed by atoms with Crippen LogP contribution in [0.15, 0.2) is 40.2 Å². The molecule has 19 heavy (non-hydrogen) atoms. The molecule has 100 valence electrons. The Balaban J connectivity index is 2.02. The standard InChI is InChI=1S/C14H15BrN2OS/c1-9(7-11-3-2-6-19-11)17-14(18)12-8-10(15)4-5-13(12)16/h2-6,8-9H,7,16H2,1H3,(H,17,18). The van der Waals surface area contributed by atoms with Crippen molar-refractivity contribution in [3.63, 3.8) is 0 Å². The van der Waals surface area contributed by atoms with E-state index >= 15 is 0 Å². The van der Waals surface area contributed by atoms with Crippen LogP contribution in [0.2, 0.25) is 0 Å². The van der Waals surface area contributed by atoms with Gasteiger partial charge in [0.05, 0.1) is 5.56 Å². The molecule has 2 rings (SSSR count). The van der Waals surface area contributed by atoms with Crippen LogP contribution in [-0.4, -0.2) is 11.9 Å². The first-order valence-electron chi connectivity index (χ1n) is 5.94. The summed E-state index contributed by atoms with van der Waals surface area (Å²) in [4.78, 5) is 13.4. The maximum Gasteiger partial charge on any atom is 0.253 e. The van der Waals surface area contributed by atoms with Gasteiger partial charge in [-0.2, -0.15) is 0 Å². The molecule has 0 bridgehead atoms. The fourth-order valence-electron chi connectivity index (χ4n) is 1.81. The number of rotatable bonds is 4. The highest BCUT2D eigenvalue weighted by atomic mass is 79.9. The molecule has 1 heterocycles. The third-order valence-electron chi connectivity index (χ3n) is 2.72. The summed E-state index contributed by atoms with van der Waals surface area (Å²) < 4.78 is 0.845.